The molecule has 10 nitrogen and oxygen atoms in total. The van der Waals surface area contributed by atoms with E-state index in [1.165, 1.54) is 43.4 Å². The lowest BCUT2D eigenvalue weighted by molar-refractivity contribution is -0.116. The molecule has 0 saturated heterocycles. The van der Waals surface area contributed by atoms with Crippen molar-refractivity contribution in [2.45, 2.75) is 17.1 Å². The number of amides is 3. The molecule has 0 radical (unpaired) electrons. The molecule has 0 aliphatic heterocycles. The Morgan fingerprint density at radius 2 is 1.47 bits per heavy atom. The van der Waals surface area contributed by atoms with Gasteiger partial charge < -0.3 is 30.2 Å². The van der Waals surface area contributed by atoms with Gasteiger partial charge in [-0.05, 0) is 72.7 Å². The molecule has 6 rings (SSSR count). The highest BCUT2D eigenvalue weighted by Crippen LogP contribution is 2.40. The van der Waals surface area contributed by atoms with Crippen LogP contribution in [0.25, 0.3) is 17.2 Å². The number of nitrogens with one attached hydrogen (secondary N) is 3. The van der Waals surface area contributed by atoms with Crippen LogP contribution in [0.2, 0.25) is 0 Å². The van der Waals surface area contributed by atoms with E-state index >= 15 is 0 Å². The van der Waals surface area contributed by atoms with Gasteiger partial charge in [-0.25, -0.2) is 4.79 Å². The topological polar surface area (TPSA) is 132 Å². The van der Waals surface area contributed by atoms with Gasteiger partial charge in [0.25, 0.3) is 11.8 Å². The number of hydrogen-bond acceptors (Lipinski definition) is 9. The number of benzene rings is 5. The molecular formula is C45H39N3O7S2. The molecule has 1 atom stereocenters. The number of ether oxygens (including phenoxy) is 3. The molecule has 0 spiro atoms. The number of thiophene rings is 1. The number of methoxy groups -OCH3 is 2. The molecule has 0 bridgehead atoms. The van der Waals surface area contributed by atoms with Crippen LogP contribution < -0.4 is 25.4 Å². The standard InChI is InChI=1S/C45H39N3O7S2/c1-4-55-45(52)39-36(29-15-8-5-9-16-29)28-56-44(39)48-43(51)40(30-17-10-6-11-18-30)57-35-22-14-21-33(27-35)46-42(50)37(47-41(49)31-19-12-7-13-20-31)26-32-25-34(53-2)23-24-38(32)54-3/h5-28,40H,4H2,1-3H3,(H,46,50)(H,47,49)(H,48,51)/b37-26+. The summed E-state index contributed by atoms with van der Waals surface area (Å²) in [7, 11) is 3.04. The molecule has 0 saturated carbocycles. The molecule has 57 heavy (non-hydrogen) atoms. The molecule has 3 N–H and O–H groups in total. The first-order valence-corrected chi connectivity index (χ1v) is 19.6. The zero-order valence-corrected chi connectivity index (χ0v) is 32.9. The summed E-state index contributed by atoms with van der Waals surface area (Å²) in [5, 5.41) is 10.1. The summed E-state index contributed by atoms with van der Waals surface area (Å²) in [4.78, 5) is 55.4. The lowest BCUT2D eigenvalue weighted by Gasteiger charge is -2.18. The minimum Gasteiger partial charge on any atom is -0.497 e. The fourth-order valence-corrected chi connectivity index (χ4v) is 7.84. The molecule has 3 amide bonds. The minimum atomic E-state index is -0.754. The minimum absolute atomic E-state index is 0.0433. The molecule has 5 aromatic carbocycles. The van der Waals surface area contributed by atoms with Gasteiger partial charge in [0.05, 0.1) is 20.8 Å². The molecule has 12 heteroatoms. The zero-order chi connectivity index (χ0) is 40.1. The van der Waals surface area contributed by atoms with Crippen molar-refractivity contribution in [3.8, 4) is 22.6 Å². The van der Waals surface area contributed by atoms with Crippen LogP contribution in [0.4, 0.5) is 10.7 Å². The Hall–Kier alpha value is -6.63. The van der Waals surface area contributed by atoms with E-state index in [4.69, 9.17) is 14.2 Å². The van der Waals surface area contributed by atoms with Crippen LogP contribution in [0.5, 0.6) is 11.5 Å². The number of carbonyl (C=O) groups is 4. The van der Waals surface area contributed by atoms with E-state index in [2.05, 4.69) is 16.0 Å². The van der Waals surface area contributed by atoms with E-state index in [0.717, 1.165) is 11.1 Å². The summed E-state index contributed by atoms with van der Waals surface area (Å²) in [5.74, 6) is -0.959. The van der Waals surface area contributed by atoms with E-state index in [9.17, 15) is 19.2 Å². The predicted molar refractivity (Wildman–Crippen MR) is 226 cm³/mol. The van der Waals surface area contributed by atoms with Crippen molar-refractivity contribution in [1.29, 1.82) is 0 Å². The Balaban J connectivity index is 1.28. The Kier molecular flexibility index (Phi) is 13.6. The molecule has 6 aromatic rings. The van der Waals surface area contributed by atoms with Gasteiger partial charge in [0.15, 0.2) is 0 Å². The largest absolute Gasteiger partial charge is 0.497 e. The van der Waals surface area contributed by atoms with Crippen LogP contribution in [-0.4, -0.2) is 44.5 Å². The van der Waals surface area contributed by atoms with E-state index in [-0.39, 0.29) is 23.8 Å². The van der Waals surface area contributed by atoms with Gasteiger partial charge in [0, 0.05) is 32.7 Å². The van der Waals surface area contributed by atoms with Crippen molar-refractivity contribution in [1.82, 2.24) is 5.32 Å². The van der Waals surface area contributed by atoms with Crippen molar-refractivity contribution in [3.05, 3.63) is 167 Å². The Morgan fingerprint density at radius 3 is 2.16 bits per heavy atom. The average molecular weight is 798 g/mol. The van der Waals surface area contributed by atoms with Crippen LogP contribution in [0.3, 0.4) is 0 Å². The highest BCUT2D eigenvalue weighted by atomic mass is 32.2. The number of thioether (sulfide) groups is 1. The highest BCUT2D eigenvalue weighted by molar-refractivity contribution is 8.00. The number of esters is 1. The van der Waals surface area contributed by atoms with Crippen LogP contribution in [0.15, 0.2) is 149 Å². The smallest absolute Gasteiger partial charge is 0.341 e. The SMILES string of the molecule is CCOC(=O)c1c(-c2ccccc2)csc1NC(=O)C(Sc1cccc(NC(=O)/C(=C\c2cc(OC)ccc2OC)NC(=O)c2ccccc2)c1)c1ccccc1. The first-order chi connectivity index (χ1) is 27.8. The second-order valence-electron chi connectivity index (χ2n) is 12.3. The quantitative estimate of drug-likeness (QED) is 0.0532. The summed E-state index contributed by atoms with van der Waals surface area (Å²) in [6.07, 6.45) is 1.52. The fourth-order valence-electron chi connectivity index (χ4n) is 5.80. The fraction of sp³-hybridized carbons (Fsp3) is 0.111. The van der Waals surface area contributed by atoms with Gasteiger partial charge in [-0.2, -0.15) is 0 Å². The first kappa shape index (κ1) is 40.0. The van der Waals surface area contributed by atoms with Crippen molar-refractivity contribution >= 4 is 63.6 Å². The number of carbonyl (C=O) groups excluding carboxylic acids is 4. The van der Waals surface area contributed by atoms with E-state index in [0.29, 0.717) is 43.8 Å². The van der Waals surface area contributed by atoms with E-state index < -0.39 is 23.0 Å². The van der Waals surface area contributed by atoms with Crippen LogP contribution in [-0.2, 0) is 14.3 Å². The van der Waals surface area contributed by atoms with E-state index in [1.54, 1.807) is 73.7 Å². The average Bonchev–Trinajstić information content (AvgIpc) is 3.67. The lowest BCUT2D eigenvalue weighted by atomic mass is 10.0. The maximum Gasteiger partial charge on any atom is 0.341 e. The van der Waals surface area contributed by atoms with Gasteiger partial charge in [0.2, 0.25) is 5.91 Å². The second-order valence-corrected chi connectivity index (χ2v) is 14.4. The monoisotopic (exact) mass is 797 g/mol. The van der Waals surface area contributed by atoms with Gasteiger partial charge in [-0.3, -0.25) is 14.4 Å². The summed E-state index contributed by atoms with van der Waals surface area (Å²) < 4.78 is 16.3. The molecule has 0 aliphatic rings. The van der Waals surface area contributed by atoms with Crippen LogP contribution in [0.1, 0.15) is 44.0 Å². The molecule has 288 valence electrons. The maximum atomic E-state index is 14.2. The molecule has 0 aliphatic carbocycles. The van der Waals surface area contributed by atoms with Gasteiger partial charge in [-0.1, -0.05) is 84.9 Å². The maximum absolute atomic E-state index is 14.2. The molecule has 1 unspecified atom stereocenters. The third-order valence-corrected chi connectivity index (χ3v) is 10.7. The Morgan fingerprint density at radius 1 is 0.772 bits per heavy atom. The third-order valence-electron chi connectivity index (χ3n) is 8.54. The highest BCUT2D eigenvalue weighted by Gasteiger charge is 2.28. The van der Waals surface area contributed by atoms with Crippen molar-refractivity contribution in [2.24, 2.45) is 0 Å². The normalized spacial score (nSPS) is 11.5. The molecule has 0 fully saturated rings. The molecule has 1 aromatic heterocycles. The Bertz CT molecular complexity index is 2380. The van der Waals surface area contributed by atoms with Gasteiger partial charge in [-0.15, -0.1) is 23.1 Å². The van der Waals surface area contributed by atoms with Gasteiger partial charge in [0.1, 0.15) is 33.0 Å². The molecular weight excluding hydrogens is 759 g/mol. The third kappa shape index (κ3) is 10.2. The summed E-state index contributed by atoms with van der Waals surface area (Å²) in [6, 6.07) is 39.5. The lowest BCUT2D eigenvalue weighted by Crippen LogP contribution is -2.30. The summed E-state index contributed by atoms with van der Waals surface area (Å²) >= 11 is 2.53. The molecule has 1 heterocycles. The zero-order valence-electron chi connectivity index (χ0n) is 31.3. The van der Waals surface area contributed by atoms with E-state index in [1.807, 2.05) is 72.1 Å². The summed E-state index contributed by atoms with van der Waals surface area (Å²) in [5.41, 5.74) is 3.76. The number of rotatable bonds is 15. The number of anilines is 2. The van der Waals surface area contributed by atoms with Gasteiger partial charge >= 0.3 is 5.97 Å². The Labute approximate surface area is 338 Å². The van der Waals surface area contributed by atoms with Crippen LogP contribution in [0, 0.1) is 0 Å². The second kappa shape index (κ2) is 19.3. The summed E-state index contributed by atoms with van der Waals surface area (Å²) in [6.45, 7) is 1.91. The first-order valence-electron chi connectivity index (χ1n) is 17.9. The number of hydrogen-bond donors (Lipinski definition) is 3. The predicted octanol–water partition coefficient (Wildman–Crippen LogP) is 9.49. The van der Waals surface area contributed by atoms with Crippen molar-refractivity contribution in [2.75, 3.05) is 31.5 Å². The van der Waals surface area contributed by atoms with Crippen molar-refractivity contribution in [3.63, 3.8) is 0 Å². The van der Waals surface area contributed by atoms with Crippen molar-refractivity contribution < 1.29 is 33.4 Å². The van der Waals surface area contributed by atoms with Crippen LogP contribution >= 0.6 is 23.1 Å².